The number of carbonyl (C=O) groups is 2. The average Bonchev–Trinajstić information content (AvgIpc) is 2.64. The molecule has 1 aliphatic rings. The zero-order chi connectivity index (χ0) is 18.4. The highest BCUT2D eigenvalue weighted by molar-refractivity contribution is 5.94. The van der Waals surface area contributed by atoms with Crippen molar-refractivity contribution in [3.05, 3.63) is 54.2 Å². The number of pyridine rings is 1. The molecule has 6 nitrogen and oxygen atoms in total. The van der Waals surface area contributed by atoms with Gasteiger partial charge in [0, 0.05) is 30.8 Å². The molecule has 1 aromatic carbocycles. The number of esters is 1. The second-order valence-corrected chi connectivity index (χ2v) is 6.35. The molecule has 0 bridgehead atoms. The molecule has 1 amide bonds. The highest BCUT2D eigenvalue weighted by Crippen LogP contribution is 2.23. The van der Waals surface area contributed by atoms with Gasteiger partial charge in [0.25, 0.3) is 5.91 Å². The van der Waals surface area contributed by atoms with Gasteiger partial charge in [0.15, 0.2) is 0 Å². The van der Waals surface area contributed by atoms with Crippen LogP contribution >= 0.6 is 0 Å². The lowest BCUT2D eigenvalue weighted by Crippen LogP contribution is -2.39. The van der Waals surface area contributed by atoms with Crippen molar-refractivity contribution in [2.45, 2.75) is 44.8 Å². The van der Waals surface area contributed by atoms with Gasteiger partial charge in [-0.1, -0.05) is 6.07 Å². The number of rotatable bonds is 5. The van der Waals surface area contributed by atoms with E-state index in [0.29, 0.717) is 17.2 Å². The summed E-state index contributed by atoms with van der Waals surface area (Å²) < 4.78 is 10.8. The molecule has 1 N–H and O–H groups in total. The molecule has 26 heavy (non-hydrogen) atoms. The predicted octanol–water partition coefficient (Wildman–Crippen LogP) is 3.13. The molecule has 1 saturated carbocycles. The van der Waals surface area contributed by atoms with Crippen LogP contribution in [-0.2, 0) is 4.79 Å². The maximum Gasteiger partial charge on any atom is 0.308 e. The first-order valence-corrected chi connectivity index (χ1v) is 8.77. The molecule has 0 atom stereocenters. The van der Waals surface area contributed by atoms with Gasteiger partial charge < -0.3 is 14.8 Å². The number of nitrogens with one attached hydrogen (secondary N) is 1. The minimum Gasteiger partial charge on any atom is -0.474 e. The fourth-order valence-corrected chi connectivity index (χ4v) is 3.02. The van der Waals surface area contributed by atoms with Crippen LogP contribution in [0.5, 0.6) is 11.6 Å². The van der Waals surface area contributed by atoms with Crippen LogP contribution in [-0.4, -0.2) is 29.0 Å². The summed E-state index contributed by atoms with van der Waals surface area (Å²) >= 11 is 0. The quantitative estimate of drug-likeness (QED) is 0.659. The third-order valence-electron chi connectivity index (χ3n) is 4.31. The number of benzene rings is 1. The largest absolute Gasteiger partial charge is 0.474 e. The molecule has 1 aliphatic carbocycles. The Morgan fingerprint density at radius 3 is 2.38 bits per heavy atom. The van der Waals surface area contributed by atoms with Crippen molar-refractivity contribution in [3.8, 4) is 11.6 Å². The highest BCUT2D eigenvalue weighted by Gasteiger charge is 2.24. The zero-order valence-electron chi connectivity index (χ0n) is 14.7. The second-order valence-electron chi connectivity index (χ2n) is 6.35. The van der Waals surface area contributed by atoms with Crippen LogP contribution in [0, 0.1) is 0 Å². The number of hydrogen-bond acceptors (Lipinski definition) is 5. The number of carbonyl (C=O) groups excluding carboxylic acids is 2. The molecule has 0 aliphatic heterocycles. The van der Waals surface area contributed by atoms with Gasteiger partial charge in [-0.05, 0) is 56.0 Å². The molecule has 1 fully saturated rings. The molecule has 1 heterocycles. The van der Waals surface area contributed by atoms with Gasteiger partial charge in [-0.2, -0.15) is 0 Å². The van der Waals surface area contributed by atoms with E-state index in [2.05, 4.69) is 10.3 Å². The molecule has 6 heteroatoms. The van der Waals surface area contributed by atoms with Gasteiger partial charge >= 0.3 is 5.97 Å². The van der Waals surface area contributed by atoms with E-state index in [9.17, 15) is 9.59 Å². The normalized spacial score (nSPS) is 19.4. The molecule has 3 rings (SSSR count). The van der Waals surface area contributed by atoms with E-state index in [0.717, 1.165) is 25.7 Å². The second kappa shape index (κ2) is 8.47. The Kier molecular flexibility index (Phi) is 5.84. The highest BCUT2D eigenvalue weighted by atomic mass is 16.5. The van der Waals surface area contributed by atoms with Crippen molar-refractivity contribution < 1.29 is 19.1 Å². The van der Waals surface area contributed by atoms with Crippen molar-refractivity contribution in [1.29, 1.82) is 0 Å². The van der Waals surface area contributed by atoms with Crippen LogP contribution in [0.1, 0.15) is 43.0 Å². The van der Waals surface area contributed by atoms with E-state index in [1.807, 2.05) is 18.2 Å². The molecule has 136 valence electrons. The molecular weight excluding hydrogens is 332 g/mol. The molecule has 2 aromatic rings. The van der Waals surface area contributed by atoms with Crippen LogP contribution in [0.15, 0.2) is 48.7 Å². The predicted molar refractivity (Wildman–Crippen MR) is 96.1 cm³/mol. The first kappa shape index (κ1) is 17.9. The third-order valence-corrected chi connectivity index (χ3v) is 4.31. The van der Waals surface area contributed by atoms with Gasteiger partial charge in [0.1, 0.15) is 11.9 Å². The van der Waals surface area contributed by atoms with Gasteiger partial charge in [-0.15, -0.1) is 0 Å². The van der Waals surface area contributed by atoms with E-state index < -0.39 is 0 Å². The minimum absolute atomic E-state index is 0.117. The van der Waals surface area contributed by atoms with Crippen LogP contribution in [0.4, 0.5) is 0 Å². The first-order valence-electron chi connectivity index (χ1n) is 8.77. The fourth-order valence-electron chi connectivity index (χ4n) is 3.02. The van der Waals surface area contributed by atoms with Crippen molar-refractivity contribution in [1.82, 2.24) is 10.3 Å². The van der Waals surface area contributed by atoms with Gasteiger partial charge in [0.05, 0.1) is 0 Å². The molecule has 0 saturated heterocycles. The number of hydrogen-bond donors (Lipinski definition) is 1. The van der Waals surface area contributed by atoms with E-state index in [1.54, 1.807) is 30.5 Å². The van der Waals surface area contributed by atoms with Crippen molar-refractivity contribution in [2.24, 2.45) is 0 Å². The Morgan fingerprint density at radius 1 is 1.04 bits per heavy atom. The fraction of sp³-hybridized carbons (Fsp3) is 0.350. The van der Waals surface area contributed by atoms with E-state index >= 15 is 0 Å². The van der Waals surface area contributed by atoms with E-state index in [1.165, 1.54) is 6.92 Å². The maximum absolute atomic E-state index is 12.4. The standard InChI is InChI=1S/C20H22N2O4/c1-14(23)25-17-9-5-15(6-10-17)20(24)22-16-7-11-18(12-8-16)26-19-4-2-3-13-21-19/h2-6,9-10,13,16,18H,7-8,11-12H2,1H3,(H,22,24). The lowest BCUT2D eigenvalue weighted by molar-refractivity contribution is -0.131. The maximum atomic E-state index is 12.4. The van der Waals surface area contributed by atoms with Gasteiger partial charge in [0.2, 0.25) is 5.88 Å². The van der Waals surface area contributed by atoms with Gasteiger partial charge in [-0.3, -0.25) is 9.59 Å². The van der Waals surface area contributed by atoms with Crippen LogP contribution in [0.25, 0.3) is 0 Å². The van der Waals surface area contributed by atoms with Gasteiger partial charge in [-0.25, -0.2) is 4.98 Å². The summed E-state index contributed by atoms with van der Waals surface area (Å²) in [5.74, 6) is 0.578. The SMILES string of the molecule is CC(=O)Oc1ccc(C(=O)NC2CCC(Oc3ccccn3)CC2)cc1. The number of nitrogens with zero attached hydrogens (tertiary/aromatic N) is 1. The summed E-state index contributed by atoms with van der Waals surface area (Å²) in [6.45, 7) is 1.34. The summed E-state index contributed by atoms with van der Waals surface area (Å²) in [4.78, 5) is 27.5. The zero-order valence-corrected chi connectivity index (χ0v) is 14.7. The third kappa shape index (κ3) is 5.05. The monoisotopic (exact) mass is 354 g/mol. The molecular formula is C20H22N2O4. The Labute approximate surface area is 152 Å². The Morgan fingerprint density at radius 2 is 1.77 bits per heavy atom. The summed E-state index contributed by atoms with van der Waals surface area (Å²) in [5, 5.41) is 3.06. The summed E-state index contributed by atoms with van der Waals surface area (Å²) in [7, 11) is 0. The van der Waals surface area contributed by atoms with Crippen LogP contribution in [0.3, 0.4) is 0 Å². The molecule has 0 unspecified atom stereocenters. The van der Waals surface area contributed by atoms with E-state index in [4.69, 9.17) is 9.47 Å². The van der Waals surface area contributed by atoms with Crippen molar-refractivity contribution >= 4 is 11.9 Å². The van der Waals surface area contributed by atoms with Crippen LogP contribution < -0.4 is 14.8 Å². The molecule has 0 spiro atoms. The Balaban J connectivity index is 1.46. The summed E-state index contributed by atoms with van der Waals surface area (Å²) in [5.41, 5.74) is 0.549. The number of amides is 1. The van der Waals surface area contributed by atoms with Crippen LogP contribution in [0.2, 0.25) is 0 Å². The smallest absolute Gasteiger partial charge is 0.308 e. The first-order chi connectivity index (χ1) is 12.6. The minimum atomic E-state index is -0.383. The average molecular weight is 354 g/mol. The topological polar surface area (TPSA) is 77.5 Å². The van der Waals surface area contributed by atoms with E-state index in [-0.39, 0.29) is 24.0 Å². The molecule has 0 radical (unpaired) electrons. The van der Waals surface area contributed by atoms with Crippen molar-refractivity contribution in [3.63, 3.8) is 0 Å². The summed E-state index contributed by atoms with van der Waals surface area (Å²) in [6, 6.07) is 12.3. The Bertz CT molecular complexity index is 738. The molecule has 1 aromatic heterocycles. The van der Waals surface area contributed by atoms with Crippen molar-refractivity contribution in [2.75, 3.05) is 0 Å². The number of aromatic nitrogens is 1. The lowest BCUT2D eigenvalue weighted by atomic mass is 9.92. The summed E-state index contributed by atoms with van der Waals surface area (Å²) in [6.07, 6.45) is 5.36. The number of ether oxygens (including phenoxy) is 2. The lowest BCUT2D eigenvalue weighted by Gasteiger charge is -2.29. The Hall–Kier alpha value is -2.89.